The lowest BCUT2D eigenvalue weighted by molar-refractivity contribution is 0.180. The number of cyclic esters (lactones) is 1. The molecule has 0 radical (unpaired) electrons. The number of terminal acetylenes is 1. The van der Waals surface area contributed by atoms with Crippen LogP contribution < -0.4 is 20.4 Å². The maximum absolute atomic E-state index is 12.1. The molecule has 0 aromatic carbocycles. The van der Waals surface area contributed by atoms with Crippen molar-refractivity contribution < 1.29 is 14.6 Å². The van der Waals surface area contributed by atoms with Gasteiger partial charge in [-0.05, 0) is 32.0 Å². The Morgan fingerprint density at radius 3 is 2.81 bits per heavy atom. The van der Waals surface area contributed by atoms with Gasteiger partial charge in [0, 0.05) is 37.3 Å². The molecule has 0 bridgehead atoms. The van der Waals surface area contributed by atoms with Gasteiger partial charge in [0.25, 0.3) is 0 Å². The molecule has 4 rings (SSSR count). The summed E-state index contributed by atoms with van der Waals surface area (Å²) in [5, 5.41) is 11.1. The Kier molecular flexibility index (Phi) is 5.43. The van der Waals surface area contributed by atoms with Gasteiger partial charge >= 0.3 is 6.09 Å². The minimum Gasteiger partial charge on any atom is -0.446 e. The lowest BCUT2D eigenvalue weighted by Gasteiger charge is -2.25. The SMILES string of the molecule is C#C[C@H]1COC(=O)N1c1cccc(N2Cc3c(cc(N(C)C(C)C)nc3CN)C2O)n1. The maximum Gasteiger partial charge on any atom is 0.416 e. The van der Waals surface area contributed by atoms with Crippen molar-refractivity contribution in [3.63, 3.8) is 0 Å². The predicted molar refractivity (Wildman–Crippen MR) is 117 cm³/mol. The first kappa shape index (κ1) is 20.9. The molecule has 3 N–H and O–H groups in total. The van der Waals surface area contributed by atoms with Crippen LogP contribution in [-0.2, 0) is 17.8 Å². The molecule has 31 heavy (non-hydrogen) atoms. The number of hydrogen-bond donors (Lipinski definition) is 2. The molecule has 1 fully saturated rings. The summed E-state index contributed by atoms with van der Waals surface area (Å²) in [6, 6.07) is 6.87. The van der Waals surface area contributed by atoms with E-state index in [0.717, 1.165) is 22.6 Å². The molecule has 4 heterocycles. The number of nitrogens with two attached hydrogens (primary N) is 1. The number of anilines is 3. The van der Waals surface area contributed by atoms with Crippen molar-refractivity contribution in [2.45, 2.75) is 45.2 Å². The highest BCUT2D eigenvalue weighted by Gasteiger charge is 2.36. The smallest absolute Gasteiger partial charge is 0.416 e. The number of carbonyl (C=O) groups excluding carboxylic acids is 1. The van der Waals surface area contributed by atoms with Gasteiger partial charge in [0.05, 0.1) is 5.69 Å². The van der Waals surface area contributed by atoms with Crippen LogP contribution in [0.25, 0.3) is 0 Å². The number of carbonyl (C=O) groups is 1. The van der Waals surface area contributed by atoms with E-state index >= 15 is 0 Å². The topological polar surface area (TPSA) is 108 Å². The first-order valence-corrected chi connectivity index (χ1v) is 10.1. The summed E-state index contributed by atoms with van der Waals surface area (Å²) in [5.41, 5.74) is 8.37. The quantitative estimate of drug-likeness (QED) is 0.702. The van der Waals surface area contributed by atoms with Crippen LogP contribution in [0.2, 0.25) is 0 Å². The van der Waals surface area contributed by atoms with Gasteiger partial charge in [0.1, 0.15) is 30.1 Å². The lowest BCUT2D eigenvalue weighted by Crippen LogP contribution is -2.33. The molecule has 162 valence electrons. The Morgan fingerprint density at radius 1 is 1.39 bits per heavy atom. The van der Waals surface area contributed by atoms with E-state index in [1.165, 1.54) is 4.90 Å². The molecule has 2 aromatic rings. The summed E-state index contributed by atoms with van der Waals surface area (Å²) in [5.74, 6) is 4.19. The molecule has 2 aliphatic rings. The summed E-state index contributed by atoms with van der Waals surface area (Å²) in [4.78, 5) is 26.6. The molecule has 9 nitrogen and oxygen atoms in total. The number of amides is 1. The summed E-state index contributed by atoms with van der Waals surface area (Å²) in [7, 11) is 1.96. The van der Waals surface area contributed by atoms with Gasteiger partial charge < -0.3 is 25.4 Å². The third-order valence-electron chi connectivity index (χ3n) is 5.79. The van der Waals surface area contributed by atoms with Crippen LogP contribution in [-0.4, -0.2) is 46.9 Å². The van der Waals surface area contributed by atoms with Gasteiger partial charge in [0.2, 0.25) is 0 Å². The van der Waals surface area contributed by atoms with Crippen molar-refractivity contribution in [2.24, 2.45) is 5.73 Å². The monoisotopic (exact) mass is 422 g/mol. The second-order valence-corrected chi connectivity index (χ2v) is 7.89. The molecule has 0 aliphatic carbocycles. The zero-order valence-electron chi connectivity index (χ0n) is 17.8. The molecule has 0 spiro atoms. The molecule has 9 heteroatoms. The van der Waals surface area contributed by atoms with Crippen LogP contribution >= 0.6 is 0 Å². The van der Waals surface area contributed by atoms with E-state index in [2.05, 4.69) is 24.8 Å². The largest absolute Gasteiger partial charge is 0.446 e. The zero-order chi connectivity index (χ0) is 22.3. The van der Waals surface area contributed by atoms with E-state index in [9.17, 15) is 9.90 Å². The van der Waals surface area contributed by atoms with E-state index in [-0.39, 0.29) is 19.2 Å². The van der Waals surface area contributed by atoms with Gasteiger partial charge in [0.15, 0.2) is 6.23 Å². The number of nitrogens with zero attached hydrogens (tertiary/aromatic N) is 5. The minimum atomic E-state index is -0.917. The predicted octanol–water partition coefficient (Wildman–Crippen LogP) is 1.75. The molecule has 2 atom stereocenters. The molecule has 2 aliphatic heterocycles. The second kappa shape index (κ2) is 8.06. The van der Waals surface area contributed by atoms with E-state index in [1.807, 2.05) is 18.0 Å². The Hall–Kier alpha value is -3.35. The number of ether oxygens (including phenoxy) is 1. The molecule has 2 aromatic heterocycles. The van der Waals surface area contributed by atoms with Gasteiger partial charge in [-0.15, -0.1) is 6.42 Å². The van der Waals surface area contributed by atoms with Gasteiger partial charge in [-0.1, -0.05) is 12.0 Å². The number of pyridine rings is 2. The van der Waals surface area contributed by atoms with Crippen LogP contribution in [0.5, 0.6) is 0 Å². The fourth-order valence-corrected chi connectivity index (χ4v) is 3.79. The number of aliphatic hydroxyl groups is 1. The summed E-state index contributed by atoms with van der Waals surface area (Å²) in [6.07, 6.45) is 4.08. The fraction of sp³-hybridized carbons (Fsp3) is 0.409. The lowest BCUT2D eigenvalue weighted by atomic mass is 10.1. The number of fused-ring (bicyclic) bond motifs is 1. The molecular formula is C22H26N6O3. The average molecular weight is 422 g/mol. The summed E-state index contributed by atoms with van der Waals surface area (Å²) >= 11 is 0. The van der Waals surface area contributed by atoms with E-state index < -0.39 is 18.4 Å². The van der Waals surface area contributed by atoms with Gasteiger partial charge in [-0.2, -0.15) is 0 Å². The highest BCUT2D eigenvalue weighted by molar-refractivity contribution is 5.90. The van der Waals surface area contributed by atoms with Crippen molar-refractivity contribution in [2.75, 3.05) is 28.4 Å². The van der Waals surface area contributed by atoms with Crippen LogP contribution in [0, 0.1) is 12.3 Å². The van der Waals surface area contributed by atoms with Crippen LogP contribution in [0.1, 0.15) is 36.9 Å². The fourth-order valence-electron chi connectivity index (χ4n) is 3.79. The Bertz CT molecular complexity index is 1050. The van der Waals surface area contributed by atoms with Crippen LogP contribution in [0.15, 0.2) is 24.3 Å². The summed E-state index contributed by atoms with van der Waals surface area (Å²) in [6.45, 7) is 4.93. The van der Waals surface area contributed by atoms with E-state index in [4.69, 9.17) is 21.9 Å². The first-order chi connectivity index (χ1) is 14.8. The minimum absolute atomic E-state index is 0.122. The van der Waals surface area contributed by atoms with Crippen molar-refractivity contribution in [3.05, 3.63) is 41.1 Å². The van der Waals surface area contributed by atoms with Crippen molar-refractivity contribution >= 4 is 23.5 Å². The van der Waals surface area contributed by atoms with E-state index in [1.54, 1.807) is 23.1 Å². The molecule has 1 unspecified atom stereocenters. The first-order valence-electron chi connectivity index (χ1n) is 10.1. The average Bonchev–Trinajstić information content (AvgIpc) is 3.32. The second-order valence-electron chi connectivity index (χ2n) is 7.89. The normalized spacial score (nSPS) is 20.1. The maximum atomic E-state index is 12.1. The Morgan fingerprint density at radius 2 is 2.13 bits per heavy atom. The van der Waals surface area contributed by atoms with Crippen molar-refractivity contribution in [3.8, 4) is 12.3 Å². The van der Waals surface area contributed by atoms with Gasteiger partial charge in [-0.25, -0.2) is 19.7 Å². The van der Waals surface area contributed by atoms with Crippen LogP contribution in [0.4, 0.5) is 22.2 Å². The Balaban J connectivity index is 1.69. The number of hydrogen-bond acceptors (Lipinski definition) is 8. The highest BCUT2D eigenvalue weighted by atomic mass is 16.6. The molecule has 1 amide bonds. The zero-order valence-corrected chi connectivity index (χ0v) is 17.8. The Labute approximate surface area is 181 Å². The number of rotatable bonds is 5. The van der Waals surface area contributed by atoms with Crippen molar-refractivity contribution in [1.82, 2.24) is 9.97 Å². The third-order valence-corrected chi connectivity index (χ3v) is 5.79. The number of aromatic nitrogens is 2. The highest BCUT2D eigenvalue weighted by Crippen LogP contribution is 2.38. The van der Waals surface area contributed by atoms with E-state index in [0.29, 0.717) is 18.2 Å². The number of aliphatic hydroxyl groups excluding tert-OH is 1. The molecule has 1 saturated heterocycles. The summed E-state index contributed by atoms with van der Waals surface area (Å²) < 4.78 is 5.06. The van der Waals surface area contributed by atoms with Crippen molar-refractivity contribution in [1.29, 1.82) is 0 Å². The van der Waals surface area contributed by atoms with Gasteiger partial charge in [-0.3, -0.25) is 0 Å². The molecule has 0 saturated carbocycles. The standard InChI is InChI=1S/C22H26N6O3/c1-5-14-12-31-22(30)28(14)19-8-6-7-18(25-19)27-11-16-15(21(27)29)9-20(24-17(16)10-23)26(4)13(2)3/h1,6-9,13-14,21,29H,10-12,23H2,2-4H3/t14-,21?/m0/s1. The molecular weight excluding hydrogens is 396 g/mol. The third kappa shape index (κ3) is 3.54. The van der Waals surface area contributed by atoms with Crippen LogP contribution in [0.3, 0.4) is 0 Å².